The van der Waals surface area contributed by atoms with Crippen molar-refractivity contribution >= 4 is 35.6 Å². The summed E-state index contributed by atoms with van der Waals surface area (Å²) in [7, 11) is 0. The normalized spacial score (nSPS) is 16.3. The Kier molecular flexibility index (Phi) is 7.15. The summed E-state index contributed by atoms with van der Waals surface area (Å²) in [5, 5.41) is 8.89. The van der Waals surface area contributed by atoms with Gasteiger partial charge in [0.05, 0.1) is 6.61 Å². The standard InChI is InChI=1S/C19H21N3O3.ClH/c1-13-15(21-18(23)14-6-3-2-4-7-14)8-5-9-16(13)22-19(24)17-12-20-10-11-25-17;/h2-9,17,20H,10-12H2,1H3,(H,21,23)(H,22,24);1H. The zero-order chi connectivity index (χ0) is 17.6. The van der Waals surface area contributed by atoms with E-state index in [1.807, 2.05) is 37.3 Å². The highest BCUT2D eigenvalue weighted by molar-refractivity contribution is 6.05. The molecule has 0 saturated carbocycles. The van der Waals surface area contributed by atoms with E-state index in [9.17, 15) is 9.59 Å². The first-order valence-corrected chi connectivity index (χ1v) is 8.24. The summed E-state index contributed by atoms with van der Waals surface area (Å²) in [5.74, 6) is -0.381. The zero-order valence-corrected chi connectivity index (χ0v) is 15.3. The fourth-order valence-electron chi connectivity index (χ4n) is 2.64. The third-order valence-corrected chi connectivity index (χ3v) is 4.10. The lowest BCUT2D eigenvalue weighted by Crippen LogP contribution is -2.45. The van der Waals surface area contributed by atoms with E-state index in [4.69, 9.17) is 4.74 Å². The first kappa shape index (κ1) is 19.9. The molecule has 0 radical (unpaired) electrons. The van der Waals surface area contributed by atoms with Gasteiger partial charge in [0.15, 0.2) is 0 Å². The van der Waals surface area contributed by atoms with E-state index in [-0.39, 0.29) is 24.2 Å². The third-order valence-electron chi connectivity index (χ3n) is 4.10. The second kappa shape index (κ2) is 9.33. The molecule has 0 spiro atoms. The molecule has 0 aromatic heterocycles. The van der Waals surface area contributed by atoms with Gasteiger partial charge in [0.1, 0.15) is 6.10 Å². The van der Waals surface area contributed by atoms with Crippen LogP contribution in [0.1, 0.15) is 15.9 Å². The van der Waals surface area contributed by atoms with Crippen molar-refractivity contribution in [2.24, 2.45) is 0 Å². The molecule has 6 nitrogen and oxygen atoms in total. The van der Waals surface area contributed by atoms with Crippen molar-refractivity contribution in [3.05, 3.63) is 59.7 Å². The number of hydrogen-bond acceptors (Lipinski definition) is 4. The smallest absolute Gasteiger partial charge is 0.255 e. The number of amides is 2. The first-order chi connectivity index (χ1) is 12.1. The number of hydrogen-bond donors (Lipinski definition) is 3. The molecule has 0 aliphatic carbocycles. The molecule has 1 aliphatic rings. The van der Waals surface area contributed by atoms with E-state index >= 15 is 0 Å². The quantitative estimate of drug-likeness (QED) is 0.767. The van der Waals surface area contributed by atoms with Crippen LogP contribution in [0.2, 0.25) is 0 Å². The Morgan fingerprint density at radius 2 is 1.73 bits per heavy atom. The van der Waals surface area contributed by atoms with Crippen LogP contribution in [0, 0.1) is 6.92 Å². The number of nitrogens with one attached hydrogen (secondary N) is 3. The first-order valence-electron chi connectivity index (χ1n) is 8.24. The minimum atomic E-state index is -0.504. The van der Waals surface area contributed by atoms with Gasteiger partial charge >= 0.3 is 0 Å². The second-order valence-electron chi connectivity index (χ2n) is 5.85. The van der Waals surface area contributed by atoms with Crippen LogP contribution in [-0.2, 0) is 9.53 Å². The molecule has 1 atom stereocenters. The molecule has 1 heterocycles. The topological polar surface area (TPSA) is 79.5 Å². The third kappa shape index (κ3) is 4.82. The molecule has 7 heteroatoms. The molecule has 3 N–H and O–H groups in total. The monoisotopic (exact) mass is 375 g/mol. The highest BCUT2D eigenvalue weighted by Crippen LogP contribution is 2.24. The second-order valence-corrected chi connectivity index (χ2v) is 5.85. The Bertz CT molecular complexity index is 762. The van der Waals surface area contributed by atoms with E-state index in [0.717, 1.165) is 12.1 Å². The van der Waals surface area contributed by atoms with Gasteiger partial charge in [-0.1, -0.05) is 24.3 Å². The number of ether oxygens (including phenoxy) is 1. The molecule has 138 valence electrons. The van der Waals surface area contributed by atoms with E-state index < -0.39 is 6.10 Å². The molecule has 0 bridgehead atoms. The fourth-order valence-corrected chi connectivity index (χ4v) is 2.64. The molecular weight excluding hydrogens is 354 g/mol. The van der Waals surface area contributed by atoms with Crippen molar-refractivity contribution in [3.63, 3.8) is 0 Å². The number of anilines is 2. The Balaban J connectivity index is 0.00000243. The number of morpholine rings is 1. The molecule has 2 amide bonds. The number of rotatable bonds is 4. The summed E-state index contributed by atoms with van der Waals surface area (Å²) in [6.45, 7) is 3.62. The number of carbonyl (C=O) groups excluding carboxylic acids is 2. The van der Waals surface area contributed by atoms with E-state index in [1.165, 1.54) is 0 Å². The molecule has 2 aromatic rings. The maximum absolute atomic E-state index is 12.3. The lowest BCUT2D eigenvalue weighted by molar-refractivity contribution is -0.128. The summed E-state index contributed by atoms with van der Waals surface area (Å²) in [5.41, 5.74) is 2.70. The van der Waals surface area contributed by atoms with Gasteiger partial charge in [-0.3, -0.25) is 9.59 Å². The van der Waals surface area contributed by atoms with Crippen LogP contribution in [-0.4, -0.2) is 37.6 Å². The molecule has 26 heavy (non-hydrogen) atoms. The maximum atomic E-state index is 12.3. The Hall–Kier alpha value is -2.41. The Labute approximate surface area is 158 Å². The van der Waals surface area contributed by atoms with Gasteiger partial charge in [-0.2, -0.15) is 0 Å². The number of benzene rings is 2. The average molecular weight is 376 g/mol. The van der Waals surface area contributed by atoms with Crippen LogP contribution in [0.25, 0.3) is 0 Å². The highest BCUT2D eigenvalue weighted by atomic mass is 35.5. The van der Waals surface area contributed by atoms with Gasteiger partial charge < -0.3 is 20.7 Å². The van der Waals surface area contributed by atoms with Gasteiger partial charge in [-0.25, -0.2) is 0 Å². The summed E-state index contributed by atoms with van der Waals surface area (Å²) in [6.07, 6.45) is -0.504. The summed E-state index contributed by atoms with van der Waals surface area (Å²) >= 11 is 0. The maximum Gasteiger partial charge on any atom is 0.255 e. The average Bonchev–Trinajstić information content (AvgIpc) is 2.66. The van der Waals surface area contributed by atoms with Crippen molar-refractivity contribution < 1.29 is 14.3 Å². The van der Waals surface area contributed by atoms with Gasteiger partial charge in [0.25, 0.3) is 11.8 Å². The Morgan fingerprint density at radius 3 is 2.38 bits per heavy atom. The minimum absolute atomic E-state index is 0. The molecule has 1 saturated heterocycles. The van der Waals surface area contributed by atoms with Gasteiger partial charge in [0.2, 0.25) is 0 Å². The molecule has 1 aliphatic heterocycles. The van der Waals surface area contributed by atoms with Crippen molar-refractivity contribution in [1.82, 2.24) is 5.32 Å². The highest BCUT2D eigenvalue weighted by Gasteiger charge is 2.22. The SMILES string of the molecule is Cc1c(NC(=O)c2ccccc2)cccc1NC(=O)C1CNCCO1.Cl. The van der Waals surface area contributed by atoms with E-state index in [0.29, 0.717) is 30.1 Å². The minimum Gasteiger partial charge on any atom is -0.366 e. The predicted octanol–water partition coefficient (Wildman–Crippen LogP) is 2.60. The van der Waals surface area contributed by atoms with Gasteiger partial charge in [-0.05, 0) is 36.8 Å². The van der Waals surface area contributed by atoms with Crippen molar-refractivity contribution in [3.8, 4) is 0 Å². The van der Waals surface area contributed by atoms with Crippen LogP contribution in [0.4, 0.5) is 11.4 Å². The molecular formula is C19H22ClN3O3. The van der Waals surface area contributed by atoms with Crippen LogP contribution in [0.5, 0.6) is 0 Å². The Morgan fingerprint density at radius 1 is 1.04 bits per heavy atom. The van der Waals surface area contributed by atoms with Crippen molar-refractivity contribution in [2.45, 2.75) is 13.0 Å². The molecule has 3 rings (SSSR count). The fraction of sp³-hybridized carbons (Fsp3) is 0.263. The van der Waals surface area contributed by atoms with Crippen molar-refractivity contribution in [1.29, 1.82) is 0 Å². The van der Waals surface area contributed by atoms with E-state index in [1.54, 1.807) is 18.2 Å². The zero-order valence-electron chi connectivity index (χ0n) is 14.5. The van der Waals surface area contributed by atoms with Crippen LogP contribution in [0.3, 0.4) is 0 Å². The summed E-state index contributed by atoms with van der Waals surface area (Å²) in [4.78, 5) is 24.6. The number of carbonyl (C=O) groups is 2. The van der Waals surface area contributed by atoms with E-state index in [2.05, 4.69) is 16.0 Å². The van der Waals surface area contributed by atoms with Crippen molar-refractivity contribution in [2.75, 3.05) is 30.3 Å². The lowest BCUT2D eigenvalue weighted by Gasteiger charge is -2.23. The molecule has 1 unspecified atom stereocenters. The molecule has 2 aromatic carbocycles. The van der Waals surface area contributed by atoms with Crippen LogP contribution < -0.4 is 16.0 Å². The van der Waals surface area contributed by atoms with Crippen LogP contribution >= 0.6 is 12.4 Å². The van der Waals surface area contributed by atoms with Gasteiger partial charge in [-0.15, -0.1) is 12.4 Å². The van der Waals surface area contributed by atoms with Gasteiger partial charge in [0, 0.05) is 30.0 Å². The lowest BCUT2D eigenvalue weighted by atomic mass is 10.1. The predicted molar refractivity (Wildman–Crippen MR) is 104 cm³/mol. The van der Waals surface area contributed by atoms with Crippen LogP contribution in [0.15, 0.2) is 48.5 Å². The largest absolute Gasteiger partial charge is 0.366 e. The summed E-state index contributed by atoms with van der Waals surface area (Å²) in [6, 6.07) is 14.4. The molecule has 1 fully saturated rings. The summed E-state index contributed by atoms with van der Waals surface area (Å²) < 4.78 is 5.46. The number of halogens is 1.